The Morgan fingerprint density at radius 1 is 1.29 bits per heavy atom. The summed E-state index contributed by atoms with van der Waals surface area (Å²) in [5, 5.41) is 9.24. The van der Waals surface area contributed by atoms with Crippen LogP contribution in [0.1, 0.15) is 13.3 Å². The minimum atomic E-state index is -0.600. The molecule has 0 radical (unpaired) electrons. The van der Waals surface area contributed by atoms with Crippen molar-refractivity contribution in [3.8, 4) is 0 Å². The summed E-state index contributed by atoms with van der Waals surface area (Å²) in [6.45, 7) is 10.3. The van der Waals surface area contributed by atoms with E-state index in [0.717, 1.165) is 0 Å². The van der Waals surface area contributed by atoms with Gasteiger partial charge in [0.1, 0.15) is 5.60 Å². The van der Waals surface area contributed by atoms with Gasteiger partial charge in [-0.25, -0.2) is 0 Å². The maximum absolute atomic E-state index is 9.24. The van der Waals surface area contributed by atoms with Crippen molar-refractivity contribution in [3.63, 3.8) is 0 Å². The van der Waals surface area contributed by atoms with Gasteiger partial charge in [0.05, 0.1) is 26.4 Å². The van der Waals surface area contributed by atoms with Crippen molar-refractivity contribution in [3.05, 3.63) is 25.3 Å². The zero-order valence-corrected chi connectivity index (χ0v) is 8.87. The van der Waals surface area contributed by atoms with Gasteiger partial charge in [0.15, 0.2) is 0 Å². The molecule has 0 fully saturated rings. The maximum Gasteiger partial charge on any atom is 0.114 e. The highest BCUT2D eigenvalue weighted by Gasteiger charge is 2.28. The van der Waals surface area contributed by atoms with Gasteiger partial charge in [0, 0.05) is 0 Å². The molecule has 0 aliphatic carbocycles. The highest BCUT2D eigenvalue weighted by molar-refractivity contribution is 4.81. The Morgan fingerprint density at radius 3 is 2.36 bits per heavy atom. The van der Waals surface area contributed by atoms with Gasteiger partial charge in [0.25, 0.3) is 0 Å². The number of hydrogen-bond donors (Lipinski definition) is 1. The van der Waals surface area contributed by atoms with Crippen LogP contribution in [0.15, 0.2) is 25.3 Å². The Kier molecular flexibility index (Phi) is 7.38. The lowest BCUT2D eigenvalue weighted by Crippen LogP contribution is -2.41. The van der Waals surface area contributed by atoms with Crippen LogP contribution in [0.2, 0.25) is 0 Å². The van der Waals surface area contributed by atoms with Crippen LogP contribution in [0.3, 0.4) is 0 Å². The summed E-state index contributed by atoms with van der Waals surface area (Å²) in [6.07, 6.45) is 4.04. The molecule has 0 aromatic heterocycles. The molecular formula is C11H20O3. The summed E-state index contributed by atoms with van der Waals surface area (Å²) in [7, 11) is 0. The van der Waals surface area contributed by atoms with E-state index in [4.69, 9.17) is 9.47 Å². The van der Waals surface area contributed by atoms with Crippen molar-refractivity contribution in [1.29, 1.82) is 0 Å². The lowest BCUT2D eigenvalue weighted by atomic mass is 10.0. The molecule has 1 unspecified atom stereocenters. The molecule has 0 saturated carbocycles. The molecule has 14 heavy (non-hydrogen) atoms. The van der Waals surface area contributed by atoms with Crippen LogP contribution in [0.5, 0.6) is 0 Å². The quantitative estimate of drug-likeness (QED) is 0.453. The molecule has 3 heteroatoms. The highest BCUT2D eigenvalue weighted by atomic mass is 16.5. The van der Waals surface area contributed by atoms with E-state index in [0.29, 0.717) is 26.2 Å². The molecule has 3 nitrogen and oxygen atoms in total. The fraction of sp³-hybridized carbons (Fsp3) is 0.636. The van der Waals surface area contributed by atoms with Crippen molar-refractivity contribution < 1.29 is 14.6 Å². The van der Waals surface area contributed by atoms with Gasteiger partial charge in [-0.05, 0) is 6.42 Å². The zero-order chi connectivity index (χ0) is 10.9. The second-order valence-corrected chi connectivity index (χ2v) is 3.10. The Labute approximate surface area is 86.0 Å². The van der Waals surface area contributed by atoms with E-state index in [1.807, 2.05) is 6.92 Å². The van der Waals surface area contributed by atoms with E-state index in [2.05, 4.69) is 13.2 Å². The smallest absolute Gasteiger partial charge is 0.114 e. The lowest BCUT2D eigenvalue weighted by Gasteiger charge is -2.30. The molecule has 1 atom stereocenters. The van der Waals surface area contributed by atoms with Crippen LogP contribution in [0, 0.1) is 0 Å². The first-order valence-corrected chi connectivity index (χ1v) is 4.79. The molecule has 0 aliphatic rings. The third kappa shape index (κ3) is 4.56. The summed E-state index contributed by atoms with van der Waals surface area (Å²) >= 11 is 0. The van der Waals surface area contributed by atoms with Crippen LogP contribution in [-0.2, 0) is 9.47 Å². The predicted octanol–water partition coefficient (Wildman–Crippen LogP) is 1.53. The van der Waals surface area contributed by atoms with Crippen molar-refractivity contribution in [1.82, 2.24) is 0 Å². The fourth-order valence-electron chi connectivity index (χ4n) is 1.01. The van der Waals surface area contributed by atoms with E-state index in [1.54, 1.807) is 12.2 Å². The lowest BCUT2D eigenvalue weighted by molar-refractivity contribution is -0.113. The fourth-order valence-corrected chi connectivity index (χ4v) is 1.01. The minimum Gasteiger partial charge on any atom is -0.393 e. The van der Waals surface area contributed by atoms with Gasteiger partial charge in [-0.3, -0.25) is 0 Å². The molecule has 82 valence electrons. The molecule has 0 spiro atoms. The normalized spacial score (nSPS) is 14.7. The summed E-state index contributed by atoms with van der Waals surface area (Å²) in [4.78, 5) is 0. The Balaban J connectivity index is 4.05. The monoisotopic (exact) mass is 200 g/mol. The number of aliphatic hydroxyl groups excluding tert-OH is 1. The first-order chi connectivity index (χ1) is 6.74. The molecule has 0 aromatic rings. The van der Waals surface area contributed by atoms with Crippen molar-refractivity contribution in [2.24, 2.45) is 0 Å². The Morgan fingerprint density at radius 2 is 1.93 bits per heavy atom. The predicted molar refractivity (Wildman–Crippen MR) is 57.3 cm³/mol. The van der Waals surface area contributed by atoms with E-state index in [1.165, 1.54) is 0 Å². The molecule has 1 N–H and O–H groups in total. The van der Waals surface area contributed by atoms with Gasteiger partial charge in [0.2, 0.25) is 0 Å². The SMILES string of the molecule is C=CCOCC(CC)(CO)OCC=C. The zero-order valence-electron chi connectivity index (χ0n) is 8.87. The second-order valence-electron chi connectivity index (χ2n) is 3.10. The molecular weight excluding hydrogens is 180 g/mol. The molecule has 0 aliphatic heterocycles. The molecule has 0 amide bonds. The van der Waals surface area contributed by atoms with Gasteiger partial charge >= 0.3 is 0 Å². The summed E-state index contributed by atoms with van der Waals surface area (Å²) in [6, 6.07) is 0. The van der Waals surface area contributed by atoms with Crippen molar-refractivity contribution in [2.75, 3.05) is 26.4 Å². The van der Waals surface area contributed by atoms with E-state index < -0.39 is 5.60 Å². The topological polar surface area (TPSA) is 38.7 Å². The summed E-state index contributed by atoms with van der Waals surface area (Å²) < 4.78 is 10.8. The third-order valence-corrected chi connectivity index (χ3v) is 2.04. The summed E-state index contributed by atoms with van der Waals surface area (Å²) in [5.74, 6) is 0. The third-order valence-electron chi connectivity index (χ3n) is 2.04. The van der Waals surface area contributed by atoms with Gasteiger partial charge in [-0.2, -0.15) is 0 Å². The average molecular weight is 200 g/mol. The van der Waals surface area contributed by atoms with Crippen LogP contribution < -0.4 is 0 Å². The number of ether oxygens (including phenoxy) is 2. The van der Waals surface area contributed by atoms with Crippen LogP contribution in [0.25, 0.3) is 0 Å². The van der Waals surface area contributed by atoms with Crippen LogP contribution in [-0.4, -0.2) is 37.1 Å². The van der Waals surface area contributed by atoms with Gasteiger partial charge in [-0.15, -0.1) is 13.2 Å². The average Bonchev–Trinajstić information content (AvgIpc) is 2.24. The molecule has 0 saturated heterocycles. The number of hydrogen-bond acceptors (Lipinski definition) is 3. The Hall–Kier alpha value is -0.640. The molecule has 0 bridgehead atoms. The standard InChI is InChI=1S/C11H20O3/c1-4-7-13-10-11(6-3,9-12)14-8-5-2/h4-5,12H,1-2,6-10H2,3H3. The Bertz CT molecular complexity index is 162. The van der Waals surface area contributed by atoms with Crippen molar-refractivity contribution in [2.45, 2.75) is 18.9 Å². The first-order valence-electron chi connectivity index (χ1n) is 4.79. The molecule has 0 aromatic carbocycles. The second kappa shape index (κ2) is 7.74. The molecule has 0 heterocycles. The largest absolute Gasteiger partial charge is 0.393 e. The summed E-state index contributed by atoms with van der Waals surface area (Å²) in [5.41, 5.74) is -0.600. The van der Waals surface area contributed by atoms with E-state index >= 15 is 0 Å². The van der Waals surface area contributed by atoms with Gasteiger partial charge < -0.3 is 14.6 Å². The van der Waals surface area contributed by atoms with Crippen LogP contribution in [0.4, 0.5) is 0 Å². The first kappa shape index (κ1) is 13.4. The minimum absolute atomic E-state index is 0.0471. The van der Waals surface area contributed by atoms with Crippen molar-refractivity contribution >= 4 is 0 Å². The number of aliphatic hydroxyl groups is 1. The number of rotatable bonds is 9. The van der Waals surface area contributed by atoms with Crippen LogP contribution >= 0.6 is 0 Å². The van der Waals surface area contributed by atoms with E-state index in [9.17, 15) is 5.11 Å². The molecule has 0 rings (SSSR count). The highest BCUT2D eigenvalue weighted by Crippen LogP contribution is 2.16. The van der Waals surface area contributed by atoms with Gasteiger partial charge in [-0.1, -0.05) is 19.1 Å². The maximum atomic E-state index is 9.24. The van der Waals surface area contributed by atoms with E-state index in [-0.39, 0.29) is 6.61 Å².